The Morgan fingerprint density at radius 3 is 2.95 bits per heavy atom. The number of carbonyl (C=O) groups is 1. The van der Waals surface area contributed by atoms with Crippen LogP contribution in [0.4, 0.5) is 0 Å². The van der Waals surface area contributed by atoms with E-state index in [1.54, 1.807) is 10.9 Å². The van der Waals surface area contributed by atoms with E-state index >= 15 is 0 Å². The van der Waals surface area contributed by atoms with Gasteiger partial charge in [0, 0.05) is 18.8 Å². The lowest BCUT2D eigenvalue weighted by Gasteiger charge is -2.07. The molecule has 98 valence electrons. The fraction of sp³-hybridized carbons (Fsp3) is 0.333. The van der Waals surface area contributed by atoms with Gasteiger partial charge >= 0.3 is 0 Å². The molecule has 0 fully saturated rings. The second kappa shape index (κ2) is 4.88. The van der Waals surface area contributed by atoms with Crippen LogP contribution in [0.1, 0.15) is 33.6 Å². The van der Waals surface area contributed by atoms with Crippen LogP contribution in [0, 0.1) is 0 Å². The first kappa shape index (κ1) is 12.0. The van der Waals surface area contributed by atoms with Crippen LogP contribution < -0.4 is 5.32 Å². The molecule has 0 spiro atoms. The second-order valence-corrected chi connectivity index (χ2v) is 4.97. The summed E-state index contributed by atoms with van der Waals surface area (Å²) in [5, 5.41) is 7.01. The second-order valence-electron chi connectivity index (χ2n) is 4.97. The van der Waals surface area contributed by atoms with Crippen molar-refractivity contribution in [1.82, 2.24) is 15.1 Å². The molecule has 0 atom stereocenters. The third kappa shape index (κ3) is 2.38. The summed E-state index contributed by atoms with van der Waals surface area (Å²) in [6.45, 7) is 0.506. The van der Waals surface area contributed by atoms with Crippen molar-refractivity contribution in [3.63, 3.8) is 0 Å². The van der Waals surface area contributed by atoms with Gasteiger partial charge in [-0.15, -0.1) is 0 Å². The van der Waals surface area contributed by atoms with E-state index in [0.29, 0.717) is 6.54 Å². The number of rotatable bonds is 3. The van der Waals surface area contributed by atoms with Gasteiger partial charge in [0.25, 0.3) is 5.91 Å². The number of hydrogen-bond acceptors (Lipinski definition) is 2. The summed E-state index contributed by atoms with van der Waals surface area (Å²) in [6.07, 6.45) is 5.18. The summed E-state index contributed by atoms with van der Waals surface area (Å²) in [7, 11) is 1.87. The molecule has 0 saturated heterocycles. The highest BCUT2D eigenvalue weighted by Gasteiger charge is 2.13. The minimum atomic E-state index is -0.0177. The number of fused-ring (bicyclic) bond motifs is 1. The van der Waals surface area contributed by atoms with Gasteiger partial charge in [-0.25, -0.2) is 0 Å². The molecule has 1 aliphatic carbocycles. The van der Waals surface area contributed by atoms with Crippen LogP contribution in [0.25, 0.3) is 0 Å². The van der Waals surface area contributed by atoms with E-state index in [1.165, 1.54) is 17.5 Å². The molecule has 1 N–H and O–H groups in total. The van der Waals surface area contributed by atoms with E-state index in [2.05, 4.69) is 16.5 Å². The maximum absolute atomic E-state index is 12.1. The number of amides is 1. The van der Waals surface area contributed by atoms with Crippen molar-refractivity contribution in [2.75, 3.05) is 0 Å². The lowest BCUT2D eigenvalue weighted by molar-refractivity contribution is 0.0950. The molecule has 1 aromatic heterocycles. The van der Waals surface area contributed by atoms with Crippen molar-refractivity contribution in [3.05, 3.63) is 52.8 Å². The van der Waals surface area contributed by atoms with Gasteiger partial charge in [0.15, 0.2) is 0 Å². The predicted molar refractivity (Wildman–Crippen MR) is 72.8 cm³/mol. The maximum Gasteiger partial charge on any atom is 0.251 e. The van der Waals surface area contributed by atoms with E-state index in [-0.39, 0.29) is 5.91 Å². The van der Waals surface area contributed by atoms with Crippen molar-refractivity contribution in [3.8, 4) is 0 Å². The third-order valence-corrected chi connectivity index (χ3v) is 3.71. The Bertz CT molecular complexity index is 616. The number of nitrogens with zero attached hydrogens (tertiary/aromatic N) is 2. The quantitative estimate of drug-likeness (QED) is 0.909. The van der Waals surface area contributed by atoms with Crippen molar-refractivity contribution < 1.29 is 4.79 Å². The van der Waals surface area contributed by atoms with Crippen molar-refractivity contribution in [2.24, 2.45) is 7.05 Å². The Balaban J connectivity index is 1.69. The maximum atomic E-state index is 12.1. The number of carbonyl (C=O) groups excluding carboxylic acids is 1. The van der Waals surface area contributed by atoms with E-state index in [1.807, 2.05) is 25.2 Å². The third-order valence-electron chi connectivity index (χ3n) is 3.71. The predicted octanol–water partition coefficient (Wildman–Crippen LogP) is 1.84. The van der Waals surface area contributed by atoms with Crippen LogP contribution in [0.5, 0.6) is 0 Å². The van der Waals surface area contributed by atoms with Crippen molar-refractivity contribution >= 4 is 5.91 Å². The number of benzene rings is 1. The van der Waals surface area contributed by atoms with E-state index in [4.69, 9.17) is 0 Å². The molecule has 4 heteroatoms. The van der Waals surface area contributed by atoms with Gasteiger partial charge in [0.2, 0.25) is 0 Å². The van der Waals surface area contributed by atoms with Crippen molar-refractivity contribution in [2.45, 2.75) is 25.8 Å². The van der Waals surface area contributed by atoms with Gasteiger partial charge in [-0.1, -0.05) is 6.07 Å². The molecular weight excluding hydrogens is 238 g/mol. The summed E-state index contributed by atoms with van der Waals surface area (Å²) in [6, 6.07) is 7.94. The minimum Gasteiger partial charge on any atom is -0.346 e. The number of nitrogens with one attached hydrogen (secondary N) is 1. The lowest BCUT2D eigenvalue weighted by Crippen LogP contribution is -2.24. The Hall–Kier alpha value is -2.10. The number of aromatic nitrogens is 2. The highest BCUT2D eigenvalue weighted by molar-refractivity contribution is 5.94. The average Bonchev–Trinajstić information content (AvgIpc) is 3.03. The first-order valence-corrected chi connectivity index (χ1v) is 6.61. The van der Waals surface area contributed by atoms with Gasteiger partial charge in [-0.3, -0.25) is 9.48 Å². The number of hydrogen-bond donors (Lipinski definition) is 1. The SMILES string of the molecule is Cn1nccc1CNC(=O)c1ccc2c(c1)CCC2. The van der Waals surface area contributed by atoms with Crippen LogP contribution in [-0.2, 0) is 26.4 Å². The average molecular weight is 255 g/mol. The molecule has 1 heterocycles. The molecule has 0 saturated carbocycles. The van der Waals surface area contributed by atoms with Crippen LogP contribution >= 0.6 is 0 Å². The van der Waals surface area contributed by atoms with Crippen LogP contribution in [-0.4, -0.2) is 15.7 Å². The zero-order chi connectivity index (χ0) is 13.2. The summed E-state index contributed by atoms with van der Waals surface area (Å²) in [4.78, 5) is 12.1. The van der Waals surface area contributed by atoms with E-state index in [9.17, 15) is 4.79 Å². The largest absolute Gasteiger partial charge is 0.346 e. The molecule has 2 aromatic rings. The highest BCUT2D eigenvalue weighted by atomic mass is 16.1. The molecule has 3 rings (SSSR count). The summed E-state index contributed by atoms with van der Waals surface area (Å²) in [5.41, 5.74) is 4.47. The van der Waals surface area contributed by atoms with Crippen LogP contribution in [0.2, 0.25) is 0 Å². The van der Waals surface area contributed by atoms with Crippen LogP contribution in [0.15, 0.2) is 30.5 Å². The van der Waals surface area contributed by atoms with Gasteiger partial charge in [0.05, 0.1) is 12.2 Å². The number of aryl methyl sites for hydroxylation is 3. The van der Waals surface area contributed by atoms with Crippen molar-refractivity contribution in [1.29, 1.82) is 0 Å². The molecule has 19 heavy (non-hydrogen) atoms. The zero-order valence-corrected chi connectivity index (χ0v) is 11.0. The molecule has 0 aliphatic heterocycles. The highest BCUT2D eigenvalue weighted by Crippen LogP contribution is 2.22. The summed E-state index contributed by atoms with van der Waals surface area (Å²) >= 11 is 0. The van der Waals surface area contributed by atoms with E-state index in [0.717, 1.165) is 24.1 Å². The fourth-order valence-corrected chi connectivity index (χ4v) is 2.56. The minimum absolute atomic E-state index is 0.0177. The normalized spacial score (nSPS) is 13.3. The smallest absolute Gasteiger partial charge is 0.251 e. The Morgan fingerprint density at radius 1 is 1.32 bits per heavy atom. The zero-order valence-electron chi connectivity index (χ0n) is 11.0. The summed E-state index contributed by atoms with van der Waals surface area (Å²) < 4.78 is 1.77. The lowest BCUT2D eigenvalue weighted by atomic mass is 10.1. The van der Waals surface area contributed by atoms with Gasteiger partial charge < -0.3 is 5.32 Å². The van der Waals surface area contributed by atoms with Gasteiger partial charge in [-0.05, 0) is 48.6 Å². The summed E-state index contributed by atoms with van der Waals surface area (Å²) in [5.74, 6) is -0.0177. The molecule has 0 bridgehead atoms. The Kier molecular flexibility index (Phi) is 3.07. The molecule has 4 nitrogen and oxygen atoms in total. The fourth-order valence-electron chi connectivity index (χ4n) is 2.56. The Labute approximate surface area is 112 Å². The molecule has 0 unspecified atom stereocenters. The molecule has 1 aromatic carbocycles. The van der Waals surface area contributed by atoms with Crippen LogP contribution in [0.3, 0.4) is 0 Å². The van der Waals surface area contributed by atoms with E-state index < -0.39 is 0 Å². The standard InChI is InChI=1S/C15H17N3O/c1-18-14(7-8-17-18)10-16-15(19)13-6-5-11-3-2-4-12(11)9-13/h5-9H,2-4,10H2,1H3,(H,16,19). The van der Waals surface area contributed by atoms with Gasteiger partial charge in [0.1, 0.15) is 0 Å². The first-order chi connectivity index (χ1) is 9.24. The first-order valence-electron chi connectivity index (χ1n) is 6.61. The monoisotopic (exact) mass is 255 g/mol. The topological polar surface area (TPSA) is 46.9 Å². The Morgan fingerprint density at radius 2 is 2.16 bits per heavy atom. The van der Waals surface area contributed by atoms with Gasteiger partial charge in [-0.2, -0.15) is 5.10 Å². The molecule has 1 amide bonds. The molecule has 0 radical (unpaired) electrons. The molecular formula is C15H17N3O. The molecule has 1 aliphatic rings.